The van der Waals surface area contributed by atoms with E-state index in [9.17, 15) is 0 Å². The smallest absolute Gasteiger partial charge is 0.294 e. The van der Waals surface area contributed by atoms with E-state index in [-0.39, 0.29) is 12.0 Å². The van der Waals surface area contributed by atoms with Gasteiger partial charge in [0.25, 0.3) is 11.7 Å². The lowest BCUT2D eigenvalue weighted by Gasteiger charge is -2.38. The number of aryl methyl sites for hydroxylation is 1. The lowest BCUT2D eigenvalue weighted by Crippen LogP contribution is -2.52. The van der Waals surface area contributed by atoms with Crippen LogP contribution in [0.15, 0.2) is 126 Å². The summed E-state index contributed by atoms with van der Waals surface area (Å²) in [5.41, 5.74) is 17.0. The minimum atomic E-state index is 0.256. The Hall–Kier alpha value is -5.68. The second kappa shape index (κ2) is 14.3. The van der Waals surface area contributed by atoms with Gasteiger partial charge in [0.1, 0.15) is 60.6 Å². The normalized spacial score (nSPS) is 17.4. The molecule has 0 bridgehead atoms. The standard InChI is InChI=1S/C54H58N4O/c1-32(2)38-22-16-23-39(33(3)4)50(38)57-28-27-56-49-37(29-45(49)41-19-12-13-21-43(41)54(56)57)31-55-25-26-58(53(55)40-18-11-10-17-36(40)9)51-44(34(5)6)30-46-42-20-14-15-24-47(42)59-52(46)48(51)35(7)8/h10-24,27-30,32-35,45,49H,25-26,31H2,1-9H3/q+2. The highest BCUT2D eigenvalue weighted by Crippen LogP contribution is 2.50. The Bertz CT molecular complexity index is 2830. The molecular weight excluding hydrogens is 721 g/mol. The van der Waals surface area contributed by atoms with Crippen molar-refractivity contribution in [2.24, 2.45) is 0 Å². The molecule has 2 unspecified atom stereocenters. The Morgan fingerprint density at radius 2 is 1.37 bits per heavy atom. The Kier molecular flexibility index (Phi) is 9.08. The highest BCUT2D eigenvalue weighted by molar-refractivity contribution is 6.13. The van der Waals surface area contributed by atoms with Gasteiger partial charge in [0.05, 0.1) is 11.1 Å². The van der Waals surface area contributed by atoms with Crippen LogP contribution in [0.1, 0.15) is 130 Å². The summed E-state index contributed by atoms with van der Waals surface area (Å²) >= 11 is 0. The monoisotopic (exact) mass is 778 g/mol. The average molecular weight is 779 g/mol. The molecule has 4 heterocycles. The predicted octanol–water partition coefficient (Wildman–Crippen LogP) is 12.7. The van der Waals surface area contributed by atoms with Crippen molar-refractivity contribution in [2.75, 3.05) is 24.5 Å². The van der Waals surface area contributed by atoms with Gasteiger partial charge in [-0.25, -0.2) is 9.47 Å². The third-order valence-electron chi connectivity index (χ3n) is 13.5. The van der Waals surface area contributed by atoms with Gasteiger partial charge < -0.3 is 4.42 Å². The number of fused-ring (bicyclic) bond motifs is 9. The molecule has 5 aromatic carbocycles. The Morgan fingerprint density at radius 3 is 2.08 bits per heavy atom. The third-order valence-corrected chi connectivity index (χ3v) is 13.5. The molecule has 0 saturated heterocycles. The summed E-state index contributed by atoms with van der Waals surface area (Å²) in [6, 6.07) is 36.3. The van der Waals surface area contributed by atoms with Crippen LogP contribution in [0.5, 0.6) is 0 Å². The van der Waals surface area contributed by atoms with Crippen molar-refractivity contribution in [3.8, 4) is 17.1 Å². The number of para-hydroxylation sites is 2. The molecule has 59 heavy (non-hydrogen) atoms. The molecule has 0 fully saturated rings. The van der Waals surface area contributed by atoms with E-state index in [1.54, 1.807) is 0 Å². The summed E-state index contributed by atoms with van der Waals surface area (Å²) in [4.78, 5) is 2.66. The van der Waals surface area contributed by atoms with E-state index in [0.29, 0.717) is 23.7 Å². The van der Waals surface area contributed by atoms with Gasteiger partial charge in [-0.15, -0.1) is 0 Å². The first-order chi connectivity index (χ1) is 28.5. The zero-order valence-corrected chi connectivity index (χ0v) is 36.3. The van der Waals surface area contributed by atoms with Crippen molar-refractivity contribution in [1.29, 1.82) is 0 Å². The Labute approximate surface area is 349 Å². The first-order valence-corrected chi connectivity index (χ1v) is 22.0. The number of furan rings is 1. The lowest BCUT2D eigenvalue weighted by molar-refractivity contribution is -0.713. The minimum absolute atomic E-state index is 0.256. The van der Waals surface area contributed by atoms with Crippen molar-refractivity contribution >= 4 is 33.5 Å². The predicted molar refractivity (Wildman–Crippen MR) is 244 cm³/mol. The van der Waals surface area contributed by atoms with Crippen LogP contribution in [0.2, 0.25) is 0 Å². The van der Waals surface area contributed by atoms with E-state index in [4.69, 9.17) is 4.42 Å². The van der Waals surface area contributed by atoms with Crippen molar-refractivity contribution < 1.29 is 13.6 Å². The third kappa shape index (κ3) is 5.79. The number of amidine groups is 1. The molecule has 0 spiro atoms. The van der Waals surface area contributed by atoms with Crippen molar-refractivity contribution in [1.82, 2.24) is 4.57 Å². The quantitative estimate of drug-likeness (QED) is 0.108. The van der Waals surface area contributed by atoms with E-state index >= 15 is 0 Å². The van der Waals surface area contributed by atoms with Crippen LogP contribution in [0, 0.1) is 6.92 Å². The molecule has 2 aliphatic heterocycles. The van der Waals surface area contributed by atoms with Gasteiger partial charge in [0.2, 0.25) is 0 Å². The summed E-state index contributed by atoms with van der Waals surface area (Å²) in [6.45, 7) is 23.7. The molecule has 0 saturated carbocycles. The van der Waals surface area contributed by atoms with E-state index in [0.717, 1.165) is 30.8 Å². The van der Waals surface area contributed by atoms with E-state index in [1.807, 2.05) is 0 Å². The summed E-state index contributed by atoms with van der Waals surface area (Å²) < 4.78 is 14.6. The fraction of sp³-hybridized carbons (Fsp3) is 0.333. The fourth-order valence-corrected chi connectivity index (χ4v) is 10.7. The van der Waals surface area contributed by atoms with Crippen LogP contribution in [0.25, 0.3) is 39.0 Å². The van der Waals surface area contributed by atoms with Gasteiger partial charge in [-0.1, -0.05) is 134 Å². The van der Waals surface area contributed by atoms with Gasteiger partial charge in [-0.3, -0.25) is 4.58 Å². The number of allylic oxidation sites excluding steroid dienone is 1. The second-order valence-corrected chi connectivity index (χ2v) is 18.5. The van der Waals surface area contributed by atoms with Gasteiger partial charge in [-0.05, 0) is 66.0 Å². The number of nitrogens with zero attached hydrogens (tertiary/aromatic N) is 4. The molecule has 1 aliphatic carbocycles. The highest BCUT2D eigenvalue weighted by Gasteiger charge is 2.49. The molecule has 2 aromatic heterocycles. The SMILES string of the molecule is Cc1ccccc1C1=[N+](CC2=CC3c4ccccc4-c4n(-c5c(C(C)C)cccc5C(C)C)cc[n+]4C23)CCN1c1c(C(C)C)cc2c(oc3ccccc32)c1C(C)C. The van der Waals surface area contributed by atoms with Crippen molar-refractivity contribution in [2.45, 2.75) is 97.9 Å². The molecule has 0 radical (unpaired) electrons. The maximum absolute atomic E-state index is 6.79. The minimum Gasteiger partial charge on any atom is -0.456 e. The lowest BCUT2D eigenvalue weighted by atomic mass is 9.72. The number of benzene rings is 5. The summed E-state index contributed by atoms with van der Waals surface area (Å²) in [5, 5.41) is 2.42. The first kappa shape index (κ1) is 37.6. The molecule has 7 aromatic rings. The van der Waals surface area contributed by atoms with Crippen LogP contribution in [-0.4, -0.2) is 34.6 Å². The summed E-state index contributed by atoms with van der Waals surface area (Å²) in [6.07, 6.45) is 7.29. The Balaban J connectivity index is 1.14. The first-order valence-electron chi connectivity index (χ1n) is 22.0. The number of imidazole rings is 1. The number of rotatable bonds is 9. The Morgan fingerprint density at radius 1 is 0.695 bits per heavy atom. The topological polar surface area (TPSA) is 28.2 Å². The van der Waals surface area contributed by atoms with Crippen molar-refractivity contribution in [3.63, 3.8) is 0 Å². The highest BCUT2D eigenvalue weighted by atomic mass is 16.3. The number of anilines is 1. The van der Waals surface area contributed by atoms with Crippen LogP contribution < -0.4 is 9.47 Å². The number of hydrogen-bond donors (Lipinski definition) is 0. The molecule has 10 rings (SSSR count). The van der Waals surface area contributed by atoms with E-state index in [1.165, 1.54) is 83.9 Å². The largest absolute Gasteiger partial charge is 0.456 e. The van der Waals surface area contributed by atoms with E-state index < -0.39 is 0 Å². The molecule has 0 N–H and O–H groups in total. The van der Waals surface area contributed by atoms with Crippen LogP contribution in [0.4, 0.5) is 5.69 Å². The molecule has 5 nitrogen and oxygen atoms in total. The van der Waals surface area contributed by atoms with Crippen LogP contribution in [0.3, 0.4) is 0 Å². The van der Waals surface area contributed by atoms with E-state index in [2.05, 4.69) is 196 Å². The van der Waals surface area contributed by atoms with Gasteiger partial charge in [-0.2, -0.15) is 4.57 Å². The molecule has 5 heteroatoms. The molecule has 0 amide bonds. The molecule has 298 valence electrons. The fourth-order valence-electron chi connectivity index (χ4n) is 10.7. The zero-order valence-electron chi connectivity index (χ0n) is 36.3. The molecule has 3 aliphatic rings. The van der Waals surface area contributed by atoms with Gasteiger partial charge in [0.15, 0.2) is 0 Å². The second-order valence-electron chi connectivity index (χ2n) is 18.5. The summed E-state index contributed by atoms with van der Waals surface area (Å²) in [7, 11) is 0. The van der Waals surface area contributed by atoms with Gasteiger partial charge >= 0.3 is 0 Å². The van der Waals surface area contributed by atoms with Crippen molar-refractivity contribution in [3.05, 3.63) is 160 Å². The van der Waals surface area contributed by atoms with Crippen LogP contribution >= 0.6 is 0 Å². The maximum Gasteiger partial charge on any atom is 0.294 e. The van der Waals surface area contributed by atoms with Crippen LogP contribution in [-0.2, 0) is 0 Å². The zero-order chi connectivity index (χ0) is 40.9. The molecular formula is C54H58N4O+2. The van der Waals surface area contributed by atoms with Gasteiger partial charge in [0, 0.05) is 44.5 Å². The molecule has 2 atom stereocenters. The number of hydrogen-bond acceptors (Lipinski definition) is 2. The average Bonchev–Trinajstić information content (AvgIpc) is 3.93. The maximum atomic E-state index is 6.79. The summed E-state index contributed by atoms with van der Waals surface area (Å²) in [5.74, 6) is 4.36. The number of aromatic nitrogens is 2.